The largest absolute Gasteiger partial charge is 0.492 e. The molecule has 0 aliphatic carbocycles. The second kappa shape index (κ2) is 10.6. The number of ether oxygens (including phenoxy) is 2. The van der Waals surface area contributed by atoms with Crippen LogP contribution in [0.3, 0.4) is 0 Å². The molecule has 1 amide bonds. The molecule has 0 bridgehead atoms. The first-order valence-corrected chi connectivity index (χ1v) is 13.8. The van der Waals surface area contributed by atoms with Crippen LogP contribution in [0.2, 0.25) is 5.02 Å². The topological polar surface area (TPSA) is 84.9 Å². The van der Waals surface area contributed by atoms with Crippen LogP contribution in [0.25, 0.3) is 0 Å². The van der Waals surface area contributed by atoms with Crippen molar-refractivity contribution >= 4 is 33.2 Å². The molecule has 9 heteroatoms. The third kappa shape index (κ3) is 6.02. The molecule has 7 nitrogen and oxygen atoms in total. The van der Waals surface area contributed by atoms with Gasteiger partial charge in [0.15, 0.2) is 6.10 Å². The van der Waals surface area contributed by atoms with Crippen LogP contribution in [0.4, 0.5) is 5.69 Å². The van der Waals surface area contributed by atoms with E-state index in [-0.39, 0.29) is 30.0 Å². The molecule has 1 aliphatic heterocycles. The molecule has 1 aliphatic rings. The zero-order chi connectivity index (χ0) is 26.8. The van der Waals surface area contributed by atoms with Crippen LogP contribution < -0.4 is 19.1 Å². The Morgan fingerprint density at radius 2 is 1.84 bits per heavy atom. The normalized spacial score (nSPS) is 15.5. The fourth-order valence-electron chi connectivity index (χ4n) is 3.92. The standard InChI is InChI=1S/C28H31ClN2O5S/c1-19-10-12-21(17-23(19)29)35-15-14-30-27(32)26-18-31(37(33,34)22-8-6-5-7-9-22)24-16-20(28(2,3)4)11-13-25(24)36-26/h5-13,16-17,26H,14-15,18H2,1-4H3,(H,30,32). The fraction of sp³-hybridized carbons (Fsp3) is 0.321. The number of sulfonamides is 1. The minimum Gasteiger partial charge on any atom is -0.492 e. The van der Waals surface area contributed by atoms with Crippen molar-refractivity contribution in [3.05, 3.63) is 82.9 Å². The van der Waals surface area contributed by atoms with Crippen molar-refractivity contribution in [1.82, 2.24) is 5.32 Å². The number of carbonyl (C=O) groups is 1. The van der Waals surface area contributed by atoms with Crippen molar-refractivity contribution in [2.75, 3.05) is 24.0 Å². The summed E-state index contributed by atoms with van der Waals surface area (Å²) in [6, 6.07) is 19.0. The molecule has 3 aromatic carbocycles. The van der Waals surface area contributed by atoms with Crippen LogP contribution in [0, 0.1) is 6.92 Å². The van der Waals surface area contributed by atoms with E-state index >= 15 is 0 Å². The zero-order valence-electron chi connectivity index (χ0n) is 21.3. The SMILES string of the molecule is Cc1ccc(OCCNC(=O)C2CN(S(=O)(=O)c3ccccc3)c3cc(C(C)(C)C)ccc3O2)cc1Cl. The lowest BCUT2D eigenvalue weighted by Gasteiger charge is -2.36. The highest BCUT2D eigenvalue weighted by Gasteiger charge is 2.38. The lowest BCUT2D eigenvalue weighted by atomic mass is 9.86. The summed E-state index contributed by atoms with van der Waals surface area (Å²) in [6.45, 7) is 8.34. The number of benzene rings is 3. The highest BCUT2D eigenvalue weighted by Crippen LogP contribution is 2.40. The zero-order valence-corrected chi connectivity index (χ0v) is 22.9. The Bertz CT molecular complexity index is 1390. The van der Waals surface area contributed by atoms with Crippen molar-refractivity contribution in [3.63, 3.8) is 0 Å². The van der Waals surface area contributed by atoms with Crippen LogP contribution >= 0.6 is 11.6 Å². The Labute approximate surface area is 223 Å². The van der Waals surface area contributed by atoms with Crippen molar-refractivity contribution in [1.29, 1.82) is 0 Å². The van der Waals surface area contributed by atoms with E-state index in [0.717, 1.165) is 11.1 Å². The Kier molecular flexibility index (Phi) is 7.71. The quantitative estimate of drug-likeness (QED) is 0.420. The molecule has 196 valence electrons. The first-order chi connectivity index (χ1) is 17.5. The number of nitrogens with zero attached hydrogens (tertiary/aromatic N) is 1. The van der Waals surface area contributed by atoms with Gasteiger partial charge in [0.1, 0.15) is 18.1 Å². The number of fused-ring (bicyclic) bond motifs is 1. The van der Waals surface area contributed by atoms with Gasteiger partial charge in [0.2, 0.25) is 0 Å². The molecule has 1 heterocycles. The molecular weight excluding hydrogens is 512 g/mol. The molecule has 0 saturated carbocycles. The number of rotatable bonds is 7. The molecule has 37 heavy (non-hydrogen) atoms. The van der Waals surface area contributed by atoms with Gasteiger partial charge in [0, 0.05) is 5.02 Å². The summed E-state index contributed by atoms with van der Waals surface area (Å²) in [5.74, 6) is 0.510. The summed E-state index contributed by atoms with van der Waals surface area (Å²) >= 11 is 6.13. The Morgan fingerprint density at radius 3 is 2.51 bits per heavy atom. The van der Waals surface area contributed by atoms with Gasteiger partial charge >= 0.3 is 0 Å². The molecule has 0 saturated heterocycles. The van der Waals surface area contributed by atoms with Gasteiger partial charge in [-0.1, -0.05) is 62.7 Å². The minimum absolute atomic E-state index is 0.147. The predicted octanol–water partition coefficient (Wildman–Crippen LogP) is 5.10. The molecule has 1 N–H and O–H groups in total. The maximum absolute atomic E-state index is 13.7. The highest BCUT2D eigenvalue weighted by atomic mass is 35.5. The number of carbonyl (C=O) groups excluding carboxylic acids is 1. The second-order valence-electron chi connectivity index (χ2n) is 9.94. The van der Waals surface area contributed by atoms with Crippen molar-refractivity contribution in [3.8, 4) is 11.5 Å². The monoisotopic (exact) mass is 542 g/mol. The number of halogens is 1. The van der Waals surface area contributed by atoms with E-state index in [1.807, 2.05) is 31.2 Å². The Hall–Kier alpha value is -3.23. The number of anilines is 1. The van der Waals surface area contributed by atoms with Gasteiger partial charge < -0.3 is 14.8 Å². The second-order valence-corrected chi connectivity index (χ2v) is 12.2. The number of aryl methyl sites for hydroxylation is 1. The smallest absolute Gasteiger partial charge is 0.264 e. The number of nitrogens with one attached hydrogen (secondary N) is 1. The number of hydrogen-bond acceptors (Lipinski definition) is 5. The predicted molar refractivity (Wildman–Crippen MR) is 145 cm³/mol. The highest BCUT2D eigenvalue weighted by molar-refractivity contribution is 7.92. The number of amides is 1. The minimum atomic E-state index is -3.94. The van der Waals surface area contributed by atoms with E-state index in [0.29, 0.717) is 22.2 Å². The summed E-state index contributed by atoms with van der Waals surface area (Å²) in [5.41, 5.74) is 2.12. The molecule has 1 atom stereocenters. The van der Waals surface area contributed by atoms with Gasteiger partial charge in [-0.15, -0.1) is 0 Å². The van der Waals surface area contributed by atoms with Gasteiger partial charge in [0.05, 0.1) is 23.7 Å². The maximum atomic E-state index is 13.7. The summed E-state index contributed by atoms with van der Waals surface area (Å²) in [7, 11) is -3.94. The summed E-state index contributed by atoms with van der Waals surface area (Å²) < 4.78 is 40.2. The summed E-state index contributed by atoms with van der Waals surface area (Å²) in [6.07, 6.45) is -1.03. The summed E-state index contributed by atoms with van der Waals surface area (Å²) in [5, 5.41) is 3.39. The lowest BCUT2D eigenvalue weighted by Crippen LogP contribution is -2.51. The molecule has 0 fully saturated rings. The molecular formula is C28H31ClN2O5S. The van der Waals surface area contributed by atoms with Crippen molar-refractivity contribution in [2.45, 2.75) is 44.1 Å². The van der Waals surface area contributed by atoms with Gasteiger partial charge in [-0.25, -0.2) is 8.42 Å². The van der Waals surface area contributed by atoms with Gasteiger partial charge in [-0.05, 0) is 59.9 Å². The first kappa shape index (κ1) is 26.8. The molecule has 4 rings (SSSR count). The average Bonchev–Trinajstić information content (AvgIpc) is 2.87. The van der Waals surface area contributed by atoms with E-state index < -0.39 is 22.0 Å². The van der Waals surface area contributed by atoms with Crippen LogP contribution in [-0.4, -0.2) is 40.1 Å². The lowest BCUT2D eigenvalue weighted by molar-refractivity contribution is -0.127. The molecule has 1 unspecified atom stereocenters. The van der Waals surface area contributed by atoms with E-state index in [2.05, 4.69) is 26.1 Å². The van der Waals surface area contributed by atoms with Gasteiger partial charge in [0.25, 0.3) is 15.9 Å². The third-order valence-electron chi connectivity index (χ3n) is 6.13. The molecule has 0 aromatic heterocycles. The molecule has 0 radical (unpaired) electrons. The molecule has 3 aromatic rings. The van der Waals surface area contributed by atoms with E-state index in [4.69, 9.17) is 21.1 Å². The van der Waals surface area contributed by atoms with Crippen molar-refractivity contribution in [2.24, 2.45) is 0 Å². The fourth-order valence-corrected chi connectivity index (χ4v) is 5.58. The van der Waals surface area contributed by atoms with Crippen molar-refractivity contribution < 1.29 is 22.7 Å². The van der Waals surface area contributed by atoms with E-state index in [9.17, 15) is 13.2 Å². The Morgan fingerprint density at radius 1 is 1.11 bits per heavy atom. The number of hydrogen-bond donors (Lipinski definition) is 1. The molecule has 0 spiro atoms. The van der Waals surface area contributed by atoms with Crippen LogP contribution in [0.1, 0.15) is 31.9 Å². The van der Waals surface area contributed by atoms with Crippen LogP contribution in [-0.2, 0) is 20.2 Å². The Balaban J connectivity index is 1.53. The maximum Gasteiger partial charge on any atom is 0.264 e. The van der Waals surface area contributed by atoms with E-state index in [1.165, 1.54) is 4.31 Å². The van der Waals surface area contributed by atoms with Crippen LogP contribution in [0.15, 0.2) is 71.6 Å². The van der Waals surface area contributed by atoms with Gasteiger partial charge in [-0.2, -0.15) is 0 Å². The summed E-state index contributed by atoms with van der Waals surface area (Å²) in [4.78, 5) is 13.2. The average molecular weight is 543 g/mol. The third-order valence-corrected chi connectivity index (χ3v) is 8.33. The van der Waals surface area contributed by atoms with Crippen LogP contribution in [0.5, 0.6) is 11.5 Å². The van der Waals surface area contributed by atoms with Gasteiger partial charge in [-0.3, -0.25) is 9.10 Å². The van der Waals surface area contributed by atoms with E-state index in [1.54, 1.807) is 42.5 Å². The first-order valence-electron chi connectivity index (χ1n) is 12.0.